The number of anilines is 1. The average molecular weight is 289 g/mol. The lowest BCUT2D eigenvalue weighted by Gasteiger charge is -2.02. The van der Waals surface area contributed by atoms with E-state index in [1.807, 2.05) is 48.5 Å². The molecule has 0 bridgehead atoms. The third kappa shape index (κ3) is 2.81. The van der Waals surface area contributed by atoms with Crippen molar-refractivity contribution in [2.45, 2.75) is 13.3 Å². The number of rotatable bonds is 4. The largest absolute Gasteiger partial charge is 0.336 e. The zero-order valence-electron chi connectivity index (χ0n) is 12.2. The first-order chi connectivity index (χ1) is 10.8. The van der Waals surface area contributed by atoms with Gasteiger partial charge in [-0.15, -0.1) is 0 Å². The van der Waals surface area contributed by atoms with Crippen LogP contribution in [-0.2, 0) is 6.42 Å². The van der Waals surface area contributed by atoms with Gasteiger partial charge in [0.1, 0.15) is 6.07 Å². The van der Waals surface area contributed by atoms with Crippen LogP contribution in [0.3, 0.4) is 0 Å². The van der Waals surface area contributed by atoms with Crippen LogP contribution in [0.15, 0.2) is 53.6 Å². The summed E-state index contributed by atoms with van der Waals surface area (Å²) in [5.74, 6) is 0.460. The molecule has 0 spiro atoms. The maximum atomic E-state index is 9.28. The van der Waals surface area contributed by atoms with Crippen molar-refractivity contribution in [2.75, 3.05) is 5.43 Å². The summed E-state index contributed by atoms with van der Waals surface area (Å²) < 4.78 is 0. The van der Waals surface area contributed by atoms with E-state index in [-0.39, 0.29) is 5.71 Å². The first kappa shape index (κ1) is 13.8. The monoisotopic (exact) mass is 289 g/mol. The van der Waals surface area contributed by atoms with Crippen molar-refractivity contribution < 1.29 is 0 Å². The molecule has 0 aliphatic heterocycles. The standard InChI is InChI=1S/C17H15N5/c1-2-12-7-9-13(10-8-12)21-22-16(11-18)17-19-14-5-3-4-6-15(14)20-17/h3-10,21H,2H2,1H3,(H,19,20)/b22-16-. The van der Waals surface area contributed by atoms with Gasteiger partial charge in [-0.2, -0.15) is 10.4 Å². The van der Waals surface area contributed by atoms with Crippen LogP contribution >= 0.6 is 0 Å². The van der Waals surface area contributed by atoms with E-state index in [0.717, 1.165) is 23.1 Å². The maximum Gasteiger partial charge on any atom is 0.203 e. The molecule has 0 saturated heterocycles. The molecule has 5 nitrogen and oxygen atoms in total. The van der Waals surface area contributed by atoms with Crippen molar-refractivity contribution in [1.82, 2.24) is 9.97 Å². The fraction of sp³-hybridized carbons (Fsp3) is 0.118. The number of H-pyrrole nitrogens is 1. The van der Waals surface area contributed by atoms with Crippen molar-refractivity contribution in [1.29, 1.82) is 5.26 Å². The SMILES string of the molecule is CCc1ccc(N/N=C(/C#N)c2nc3ccccc3[nH]2)cc1. The van der Waals surface area contributed by atoms with Crippen LogP contribution in [0.1, 0.15) is 18.3 Å². The van der Waals surface area contributed by atoms with Gasteiger partial charge in [0.2, 0.25) is 5.71 Å². The number of para-hydroxylation sites is 2. The minimum absolute atomic E-state index is 0.218. The maximum absolute atomic E-state index is 9.28. The Kier molecular flexibility index (Phi) is 3.84. The molecule has 1 heterocycles. The minimum atomic E-state index is 0.218. The Morgan fingerprint density at radius 1 is 1.23 bits per heavy atom. The third-order valence-corrected chi connectivity index (χ3v) is 3.38. The topological polar surface area (TPSA) is 76.9 Å². The molecule has 2 aromatic carbocycles. The van der Waals surface area contributed by atoms with E-state index in [4.69, 9.17) is 0 Å². The summed E-state index contributed by atoms with van der Waals surface area (Å²) in [6.45, 7) is 2.11. The lowest BCUT2D eigenvalue weighted by molar-refractivity contribution is 1.14. The van der Waals surface area contributed by atoms with Gasteiger partial charge < -0.3 is 4.98 Å². The highest BCUT2D eigenvalue weighted by Gasteiger charge is 2.08. The first-order valence-electron chi connectivity index (χ1n) is 7.08. The van der Waals surface area contributed by atoms with Crippen LogP contribution in [0.2, 0.25) is 0 Å². The van der Waals surface area contributed by atoms with Crippen LogP contribution in [0.25, 0.3) is 11.0 Å². The van der Waals surface area contributed by atoms with E-state index in [2.05, 4.69) is 33.5 Å². The molecule has 2 N–H and O–H groups in total. The molecule has 5 heteroatoms. The molecule has 0 saturated carbocycles. The lowest BCUT2D eigenvalue weighted by atomic mass is 10.2. The lowest BCUT2D eigenvalue weighted by Crippen LogP contribution is -2.03. The van der Waals surface area contributed by atoms with E-state index in [1.165, 1.54) is 5.56 Å². The summed E-state index contributed by atoms with van der Waals surface area (Å²) in [4.78, 5) is 7.47. The Hall–Kier alpha value is -3.13. The van der Waals surface area contributed by atoms with E-state index in [9.17, 15) is 5.26 Å². The molecule has 0 unspecified atom stereocenters. The third-order valence-electron chi connectivity index (χ3n) is 3.38. The van der Waals surface area contributed by atoms with Crippen LogP contribution in [0.5, 0.6) is 0 Å². The number of nitrogens with zero attached hydrogens (tertiary/aromatic N) is 3. The van der Waals surface area contributed by atoms with E-state index < -0.39 is 0 Å². The average Bonchev–Trinajstić information content (AvgIpc) is 3.00. The second-order valence-electron chi connectivity index (χ2n) is 4.84. The molecular formula is C17H15N5. The van der Waals surface area contributed by atoms with Gasteiger partial charge in [-0.1, -0.05) is 31.2 Å². The molecule has 1 aromatic heterocycles. The predicted molar refractivity (Wildman–Crippen MR) is 87.7 cm³/mol. The number of benzene rings is 2. The Morgan fingerprint density at radius 3 is 2.68 bits per heavy atom. The molecule has 0 atom stereocenters. The number of fused-ring (bicyclic) bond motifs is 1. The quantitative estimate of drug-likeness (QED) is 0.570. The number of hydrazone groups is 1. The molecule has 0 amide bonds. The van der Waals surface area contributed by atoms with E-state index in [1.54, 1.807) is 0 Å². The fourth-order valence-corrected chi connectivity index (χ4v) is 2.13. The Bertz CT molecular complexity index is 820. The number of hydrogen-bond acceptors (Lipinski definition) is 4. The van der Waals surface area contributed by atoms with Crippen molar-refractivity contribution in [2.24, 2.45) is 5.10 Å². The van der Waals surface area contributed by atoms with Gasteiger partial charge in [-0.25, -0.2) is 4.98 Å². The summed E-state index contributed by atoms with van der Waals surface area (Å²) in [6, 6.07) is 17.6. The van der Waals surface area contributed by atoms with Crippen LogP contribution in [0, 0.1) is 11.3 Å². The number of aryl methyl sites for hydroxylation is 1. The number of nitrogens with one attached hydrogen (secondary N) is 2. The van der Waals surface area contributed by atoms with Crippen molar-refractivity contribution in [3.8, 4) is 6.07 Å². The van der Waals surface area contributed by atoms with E-state index >= 15 is 0 Å². The second kappa shape index (κ2) is 6.10. The van der Waals surface area contributed by atoms with Gasteiger partial charge in [0.15, 0.2) is 5.82 Å². The number of imidazole rings is 1. The van der Waals surface area contributed by atoms with Crippen molar-refractivity contribution >= 4 is 22.4 Å². The summed E-state index contributed by atoms with van der Waals surface area (Å²) in [5, 5.41) is 13.4. The van der Waals surface area contributed by atoms with Gasteiger partial charge >= 0.3 is 0 Å². The van der Waals surface area contributed by atoms with Crippen LogP contribution in [-0.4, -0.2) is 15.7 Å². The number of hydrogen-bond donors (Lipinski definition) is 2. The van der Waals surface area contributed by atoms with Crippen LogP contribution in [0.4, 0.5) is 5.69 Å². The molecule has 108 valence electrons. The van der Waals surface area contributed by atoms with Gasteiger partial charge in [-0.3, -0.25) is 5.43 Å². The Balaban J connectivity index is 1.84. The summed E-state index contributed by atoms with van der Waals surface area (Å²) >= 11 is 0. The minimum Gasteiger partial charge on any atom is -0.336 e. The Morgan fingerprint density at radius 2 is 2.00 bits per heavy atom. The number of nitriles is 1. The van der Waals surface area contributed by atoms with Crippen molar-refractivity contribution in [3.05, 3.63) is 59.9 Å². The van der Waals surface area contributed by atoms with Gasteiger partial charge in [0, 0.05) is 0 Å². The van der Waals surface area contributed by atoms with Crippen LogP contribution < -0.4 is 5.43 Å². The fourth-order valence-electron chi connectivity index (χ4n) is 2.13. The summed E-state index contributed by atoms with van der Waals surface area (Å²) in [5.41, 5.74) is 6.90. The van der Waals surface area contributed by atoms with Crippen molar-refractivity contribution in [3.63, 3.8) is 0 Å². The highest BCUT2D eigenvalue weighted by molar-refractivity contribution is 6.10. The van der Waals surface area contributed by atoms with Gasteiger partial charge in [0.05, 0.1) is 16.7 Å². The zero-order valence-corrected chi connectivity index (χ0v) is 12.2. The van der Waals surface area contributed by atoms with Gasteiger partial charge in [0.25, 0.3) is 0 Å². The highest BCUT2D eigenvalue weighted by Crippen LogP contribution is 2.12. The predicted octanol–water partition coefficient (Wildman–Crippen LogP) is 3.47. The smallest absolute Gasteiger partial charge is 0.203 e. The Labute approximate surface area is 128 Å². The van der Waals surface area contributed by atoms with Gasteiger partial charge in [-0.05, 0) is 36.2 Å². The summed E-state index contributed by atoms with van der Waals surface area (Å²) in [6.07, 6.45) is 0.992. The zero-order chi connectivity index (χ0) is 15.4. The second-order valence-corrected chi connectivity index (χ2v) is 4.84. The first-order valence-corrected chi connectivity index (χ1v) is 7.08. The molecule has 22 heavy (non-hydrogen) atoms. The number of aromatic nitrogens is 2. The molecule has 0 aliphatic carbocycles. The van der Waals surface area contributed by atoms with E-state index in [0.29, 0.717) is 5.82 Å². The normalized spacial score (nSPS) is 11.4. The summed E-state index contributed by atoms with van der Waals surface area (Å²) in [7, 11) is 0. The molecular weight excluding hydrogens is 274 g/mol. The molecule has 0 fully saturated rings. The molecule has 0 aliphatic rings. The molecule has 3 aromatic rings. The highest BCUT2D eigenvalue weighted by atomic mass is 15.3. The molecule has 0 radical (unpaired) electrons. The molecule has 3 rings (SSSR count). The number of aromatic amines is 1.